The number of nitrogens with zero attached hydrogens (tertiary/aromatic N) is 4. The largest absolute Gasteiger partial charge is 0.460 e. The Balaban J connectivity index is 1.87. The minimum atomic E-state index is -0.594. The highest BCUT2D eigenvalue weighted by Gasteiger charge is 2.39. The zero-order valence-corrected chi connectivity index (χ0v) is 16.5. The second-order valence-electron chi connectivity index (χ2n) is 7.28. The third-order valence-electron chi connectivity index (χ3n) is 5.55. The molecule has 1 aromatic carbocycles. The van der Waals surface area contributed by atoms with E-state index in [2.05, 4.69) is 15.5 Å². The lowest BCUT2D eigenvalue weighted by Gasteiger charge is -2.17. The van der Waals surface area contributed by atoms with E-state index in [0.29, 0.717) is 23.3 Å². The highest BCUT2D eigenvalue weighted by Crippen LogP contribution is 2.42. The van der Waals surface area contributed by atoms with Gasteiger partial charge in [-0.15, -0.1) is 0 Å². The van der Waals surface area contributed by atoms with Crippen LogP contribution in [0.2, 0.25) is 0 Å². The first-order valence-electron chi connectivity index (χ1n) is 9.77. The van der Waals surface area contributed by atoms with Crippen molar-refractivity contribution in [1.29, 1.82) is 0 Å². The molecule has 0 bridgehead atoms. The average molecular weight is 419 g/mol. The molecule has 156 valence electrons. The van der Waals surface area contributed by atoms with E-state index >= 15 is 0 Å². The van der Waals surface area contributed by atoms with Crippen molar-refractivity contribution in [1.82, 2.24) is 15.0 Å². The molecule has 31 heavy (non-hydrogen) atoms. The molecule has 0 fully saturated rings. The van der Waals surface area contributed by atoms with Crippen LogP contribution in [0.3, 0.4) is 0 Å². The number of hydrogen-bond donors (Lipinski definition) is 1. The summed E-state index contributed by atoms with van der Waals surface area (Å²) in [6, 6.07) is 7.40. The topological polar surface area (TPSA) is 129 Å². The lowest BCUT2D eigenvalue weighted by molar-refractivity contribution is -0.385. The number of nitro groups is 1. The van der Waals surface area contributed by atoms with E-state index in [9.17, 15) is 19.7 Å². The number of carbonyl (C=O) groups excluding carboxylic acids is 1. The van der Waals surface area contributed by atoms with Crippen molar-refractivity contribution in [2.75, 3.05) is 6.54 Å². The van der Waals surface area contributed by atoms with Crippen molar-refractivity contribution in [2.24, 2.45) is 5.10 Å². The van der Waals surface area contributed by atoms with Gasteiger partial charge in [0.2, 0.25) is 0 Å². The standard InChI is InChI=1S/C21H17N5O5/c1-2-22-23-8-13-11-5-3-4-6-16(11)24-18-14(13)9-25-20(18)19(26(29)30)12-7-17(27)31-10-15(12)21(25)28/h3-6,8,22H,2,7,9-10H2,1H3/b23-8+. The summed E-state index contributed by atoms with van der Waals surface area (Å²) in [7, 11) is 0. The van der Waals surface area contributed by atoms with Crippen LogP contribution >= 0.6 is 0 Å². The molecular formula is C21H17N5O5. The number of para-hydroxylation sites is 1. The number of hydrogen-bond acceptors (Lipinski definition) is 8. The molecule has 2 aromatic heterocycles. The predicted octanol–water partition coefficient (Wildman–Crippen LogP) is 1.88. The molecule has 5 rings (SSSR count). The quantitative estimate of drug-likeness (QED) is 0.231. The molecule has 0 spiro atoms. The SMILES string of the molecule is CCN/N=C/c1c2c(nc3ccccc13)-c1c([N+](=O)[O-])c3c(c(=O)n1C2)COC(=O)C3. The number of cyclic esters (lactones) is 1. The van der Waals surface area contributed by atoms with Gasteiger partial charge in [-0.1, -0.05) is 18.2 Å². The number of pyridine rings is 2. The van der Waals surface area contributed by atoms with Crippen LogP contribution in [0, 0.1) is 10.1 Å². The summed E-state index contributed by atoms with van der Waals surface area (Å²) in [4.78, 5) is 41.3. The van der Waals surface area contributed by atoms with Crippen LogP contribution in [0.25, 0.3) is 22.3 Å². The van der Waals surface area contributed by atoms with Crippen LogP contribution < -0.4 is 11.0 Å². The summed E-state index contributed by atoms with van der Waals surface area (Å²) in [6.07, 6.45) is 1.34. The number of aromatic nitrogens is 2. The Hall–Kier alpha value is -4.08. The van der Waals surface area contributed by atoms with Crippen molar-refractivity contribution in [2.45, 2.75) is 26.5 Å². The second kappa shape index (κ2) is 7.01. The fourth-order valence-electron chi connectivity index (χ4n) is 4.22. The van der Waals surface area contributed by atoms with E-state index in [-0.39, 0.29) is 42.1 Å². The summed E-state index contributed by atoms with van der Waals surface area (Å²) < 4.78 is 6.35. The molecule has 4 heterocycles. The maximum atomic E-state index is 13.2. The monoisotopic (exact) mass is 419 g/mol. The van der Waals surface area contributed by atoms with Crippen molar-refractivity contribution < 1.29 is 14.5 Å². The molecule has 10 nitrogen and oxygen atoms in total. The first-order valence-corrected chi connectivity index (χ1v) is 9.77. The first-order chi connectivity index (χ1) is 15.0. The van der Waals surface area contributed by atoms with E-state index in [4.69, 9.17) is 4.74 Å². The summed E-state index contributed by atoms with van der Waals surface area (Å²) in [5.41, 5.74) is 5.02. The predicted molar refractivity (Wildman–Crippen MR) is 112 cm³/mol. The van der Waals surface area contributed by atoms with Crippen molar-refractivity contribution in [3.05, 3.63) is 67.0 Å². The molecule has 0 amide bonds. The van der Waals surface area contributed by atoms with Crippen LogP contribution in [-0.4, -0.2) is 33.2 Å². The highest BCUT2D eigenvalue weighted by molar-refractivity contribution is 6.03. The minimum Gasteiger partial charge on any atom is -0.460 e. The number of carbonyl (C=O) groups is 1. The summed E-state index contributed by atoms with van der Waals surface area (Å²) in [6.45, 7) is 2.40. The fourth-order valence-corrected chi connectivity index (χ4v) is 4.22. The minimum absolute atomic E-state index is 0.114. The number of rotatable bonds is 4. The molecule has 0 radical (unpaired) electrons. The molecule has 2 aliphatic heterocycles. The molecule has 3 aromatic rings. The van der Waals surface area contributed by atoms with Gasteiger partial charge in [0.15, 0.2) is 0 Å². The molecule has 0 aliphatic carbocycles. The molecule has 1 N–H and O–H groups in total. The zero-order chi connectivity index (χ0) is 21.7. The van der Waals surface area contributed by atoms with E-state index < -0.39 is 16.5 Å². The van der Waals surface area contributed by atoms with Gasteiger partial charge in [0.25, 0.3) is 11.2 Å². The van der Waals surface area contributed by atoms with Gasteiger partial charge in [0.1, 0.15) is 18.0 Å². The maximum Gasteiger partial charge on any atom is 0.310 e. The van der Waals surface area contributed by atoms with Crippen molar-refractivity contribution >= 4 is 28.8 Å². The van der Waals surface area contributed by atoms with E-state index in [1.807, 2.05) is 31.2 Å². The van der Waals surface area contributed by atoms with Gasteiger partial charge < -0.3 is 10.2 Å². The summed E-state index contributed by atoms with van der Waals surface area (Å²) in [5, 5.41) is 17.2. The Morgan fingerprint density at radius 2 is 2.10 bits per heavy atom. The molecule has 0 unspecified atom stereocenters. The van der Waals surface area contributed by atoms with Crippen LogP contribution in [0.1, 0.15) is 29.2 Å². The van der Waals surface area contributed by atoms with Crippen LogP contribution in [0.4, 0.5) is 5.69 Å². The van der Waals surface area contributed by atoms with Gasteiger partial charge in [-0.2, -0.15) is 5.10 Å². The smallest absolute Gasteiger partial charge is 0.310 e. The van der Waals surface area contributed by atoms with E-state index in [0.717, 1.165) is 10.9 Å². The van der Waals surface area contributed by atoms with E-state index in [1.165, 1.54) is 4.57 Å². The fraction of sp³-hybridized carbons (Fsp3) is 0.238. The lowest BCUT2D eigenvalue weighted by Crippen LogP contribution is -2.31. The molecule has 0 saturated carbocycles. The third kappa shape index (κ3) is 2.79. The Morgan fingerprint density at radius 3 is 2.87 bits per heavy atom. The summed E-state index contributed by atoms with van der Waals surface area (Å²) >= 11 is 0. The lowest BCUT2D eigenvalue weighted by atomic mass is 9.98. The maximum absolute atomic E-state index is 13.2. The third-order valence-corrected chi connectivity index (χ3v) is 5.55. The Kier molecular flexibility index (Phi) is 4.28. The van der Waals surface area contributed by atoms with Gasteiger partial charge in [-0.3, -0.25) is 24.3 Å². The normalized spacial score (nSPS) is 14.3. The Bertz CT molecular complexity index is 1380. The van der Waals surface area contributed by atoms with Crippen LogP contribution in [0.15, 0.2) is 34.2 Å². The molecular weight excluding hydrogens is 402 g/mol. The van der Waals surface area contributed by atoms with Crippen molar-refractivity contribution in [3.8, 4) is 11.4 Å². The van der Waals surface area contributed by atoms with Gasteiger partial charge in [-0.25, -0.2) is 4.98 Å². The number of hydrazone groups is 1. The second-order valence-corrected chi connectivity index (χ2v) is 7.28. The zero-order valence-electron chi connectivity index (χ0n) is 16.5. The van der Waals surface area contributed by atoms with Gasteiger partial charge in [-0.05, 0) is 13.0 Å². The number of esters is 1. The van der Waals surface area contributed by atoms with Gasteiger partial charge >= 0.3 is 5.97 Å². The van der Waals surface area contributed by atoms with Crippen LogP contribution in [-0.2, 0) is 29.1 Å². The van der Waals surface area contributed by atoms with Crippen molar-refractivity contribution in [3.63, 3.8) is 0 Å². The van der Waals surface area contributed by atoms with Gasteiger partial charge in [0, 0.05) is 23.1 Å². The Labute approximate surface area is 175 Å². The first kappa shape index (κ1) is 18.9. The Morgan fingerprint density at radius 1 is 1.29 bits per heavy atom. The summed E-state index contributed by atoms with van der Waals surface area (Å²) in [5.74, 6) is -0.594. The number of fused-ring (bicyclic) bond motifs is 5. The number of nitrogens with one attached hydrogen (secondary N) is 1. The van der Waals surface area contributed by atoms with Gasteiger partial charge in [0.05, 0.1) is 40.7 Å². The molecule has 2 aliphatic rings. The average Bonchev–Trinajstić information content (AvgIpc) is 3.12. The number of ether oxygens (including phenoxy) is 1. The van der Waals surface area contributed by atoms with E-state index in [1.54, 1.807) is 6.21 Å². The molecule has 0 atom stereocenters. The molecule has 10 heteroatoms. The van der Waals surface area contributed by atoms with Crippen LogP contribution in [0.5, 0.6) is 0 Å². The molecule has 0 saturated heterocycles. The number of benzene rings is 1. The highest BCUT2D eigenvalue weighted by atomic mass is 16.6.